The lowest BCUT2D eigenvalue weighted by molar-refractivity contribution is 0.102. The smallest absolute Gasteiger partial charge is 0.255 e. The number of nitrogens with zero attached hydrogens (tertiary/aromatic N) is 2. The fraction of sp³-hybridized carbons (Fsp3) is 0.154. The molecule has 4 aromatic rings. The minimum Gasteiger partial charge on any atom is -0.487 e. The molecular formula is C26H22Cl2FN3O2. The number of aryl methyl sites for hydroxylation is 1. The van der Waals surface area contributed by atoms with Crippen LogP contribution in [0.15, 0.2) is 66.7 Å². The number of anilines is 1. The molecule has 0 spiro atoms. The molecule has 34 heavy (non-hydrogen) atoms. The molecule has 0 saturated carbocycles. The van der Waals surface area contributed by atoms with Crippen molar-refractivity contribution in [1.29, 1.82) is 0 Å². The topological polar surface area (TPSA) is 56.2 Å². The zero-order chi connectivity index (χ0) is 24.2. The first kappa shape index (κ1) is 23.8. The van der Waals surface area contributed by atoms with Crippen LogP contribution in [0, 0.1) is 19.7 Å². The Hall–Kier alpha value is -3.35. The van der Waals surface area contributed by atoms with Crippen LogP contribution in [0.1, 0.15) is 32.9 Å². The van der Waals surface area contributed by atoms with Crippen LogP contribution in [0.4, 0.5) is 10.1 Å². The molecule has 0 saturated heterocycles. The van der Waals surface area contributed by atoms with Crippen molar-refractivity contribution >= 4 is 34.8 Å². The Morgan fingerprint density at radius 3 is 2.35 bits per heavy atom. The molecule has 0 aliphatic carbocycles. The van der Waals surface area contributed by atoms with Crippen LogP contribution in [-0.2, 0) is 13.2 Å². The van der Waals surface area contributed by atoms with E-state index in [0.717, 1.165) is 16.8 Å². The van der Waals surface area contributed by atoms with Crippen LogP contribution in [0.3, 0.4) is 0 Å². The van der Waals surface area contributed by atoms with Gasteiger partial charge in [0, 0.05) is 10.6 Å². The van der Waals surface area contributed by atoms with Crippen LogP contribution < -0.4 is 10.1 Å². The maximum atomic E-state index is 13.2. The summed E-state index contributed by atoms with van der Waals surface area (Å²) < 4.78 is 20.7. The summed E-state index contributed by atoms with van der Waals surface area (Å²) in [5.74, 6) is 0.0219. The van der Waals surface area contributed by atoms with Gasteiger partial charge in [-0.15, -0.1) is 0 Å². The van der Waals surface area contributed by atoms with Gasteiger partial charge in [0.05, 0.1) is 28.6 Å². The van der Waals surface area contributed by atoms with Gasteiger partial charge in [-0.25, -0.2) is 4.39 Å². The summed E-state index contributed by atoms with van der Waals surface area (Å²) >= 11 is 12.0. The summed E-state index contributed by atoms with van der Waals surface area (Å²) in [5, 5.41) is 8.46. The first-order valence-corrected chi connectivity index (χ1v) is 11.3. The number of carbonyl (C=O) groups excluding carboxylic acids is 1. The third-order valence-electron chi connectivity index (χ3n) is 5.37. The number of halogens is 3. The van der Waals surface area contributed by atoms with Gasteiger partial charge >= 0.3 is 0 Å². The van der Waals surface area contributed by atoms with Crippen LogP contribution in [0.2, 0.25) is 10.0 Å². The minimum absolute atomic E-state index is 0.235. The first-order valence-electron chi connectivity index (χ1n) is 10.6. The lowest BCUT2D eigenvalue weighted by atomic mass is 10.1. The second-order valence-electron chi connectivity index (χ2n) is 7.84. The zero-order valence-corrected chi connectivity index (χ0v) is 20.1. The summed E-state index contributed by atoms with van der Waals surface area (Å²) in [6, 6.07) is 18.5. The molecular weight excluding hydrogens is 476 g/mol. The molecule has 4 rings (SSSR count). The van der Waals surface area contributed by atoms with Crippen molar-refractivity contribution in [2.45, 2.75) is 27.0 Å². The van der Waals surface area contributed by atoms with Gasteiger partial charge < -0.3 is 10.1 Å². The van der Waals surface area contributed by atoms with E-state index in [4.69, 9.17) is 27.9 Å². The van der Waals surface area contributed by atoms with E-state index >= 15 is 0 Å². The fourth-order valence-electron chi connectivity index (χ4n) is 3.49. The standard InChI is InChI=1S/C26H22Cl2FN3O2/c1-16-25(17(2)32(31-16)14-18-5-10-22(29)11-6-18)30-26(33)20-7-3-19(4-8-20)15-34-24-12-9-21(27)13-23(24)28/h3-13H,14-15H2,1-2H3,(H,30,33). The maximum absolute atomic E-state index is 13.2. The maximum Gasteiger partial charge on any atom is 0.255 e. The summed E-state index contributed by atoms with van der Waals surface area (Å²) in [5.41, 5.74) is 4.51. The van der Waals surface area contributed by atoms with Crippen molar-refractivity contribution in [3.05, 3.63) is 111 Å². The Labute approximate surface area is 207 Å². The van der Waals surface area contributed by atoms with Crippen molar-refractivity contribution < 1.29 is 13.9 Å². The largest absolute Gasteiger partial charge is 0.487 e. The summed E-state index contributed by atoms with van der Waals surface area (Å²) in [4.78, 5) is 12.8. The third kappa shape index (κ3) is 5.58. The van der Waals surface area contributed by atoms with Gasteiger partial charge in [-0.3, -0.25) is 9.48 Å². The normalized spacial score (nSPS) is 10.9. The molecule has 3 aromatic carbocycles. The Morgan fingerprint density at radius 1 is 1.00 bits per heavy atom. The van der Waals surface area contributed by atoms with Gasteiger partial charge in [-0.1, -0.05) is 47.5 Å². The van der Waals surface area contributed by atoms with E-state index in [9.17, 15) is 9.18 Å². The first-order chi connectivity index (χ1) is 16.3. The second kappa shape index (κ2) is 10.3. The summed E-state index contributed by atoms with van der Waals surface area (Å²) in [6.07, 6.45) is 0. The van der Waals surface area contributed by atoms with Gasteiger partial charge in [0.25, 0.3) is 5.91 Å². The predicted molar refractivity (Wildman–Crippen MR) is 132 cm³/mol. The Morgan fingerprint density at radius 2 is 1.68 bits per heavy atom. The van der Waals surface area contributed by atoms with E-state index < -0.39 is 0 Å². The second-order valence-corrected chi connectivity index (χ2v) is 8.69. The molecule has 0 unspecified atom stereocenters. The highest BCUT2D eigenvalue weighted by Gasteiger charge is 2.16. The van der Waals surface area contributed by atoms with Gasteiger partial charge in [-0.05, 0) is 67.4 Å². The van der Waals surface area contributed by atoms with Crippen LogP contribution >= 0.6 is 23.2 Å². The van der Waals surface area contributed by atoms with E-state index in [2.05, 4.69) is 10.4 Å². The van der Waals surface area contributed by atoms with Gasteiger partial charge in [0.1, 0.15) is 18.2 Å². The van der Waals surface area contributed by atoms with E-state index in [1.807, 2.05) is 26.0 Å². The number of carbonyl (C=O) groups is 1. The van der Waals surface area contributed by atoms with Crippen molar-refractivity contribution in [2.24, 2.45) is 0 Å². The molecule has 0 aliphatic rings. The Bertz CT molecular complexity index is 1320. The van der Waals surface area contributed by atoms with E-state index in [1.165, 1.54) is 12.1 Å². The lowest BCUT2D eigenvalue weighted by Gasteiger charge is -2.10. The summed E-state index contributed by atoms with van der Waals surface area (Å²) in [7, 11) is 0. The number of ether oxygens (including phenoxy) is 1. The molecule has 1 amide bonds. The molecule has 5 nitrogen and oxygen atoms in total. The Kier molecular flexibility index (Phi) is 7.20. The number of hydrogen-bond donors (Lipinski definition) is 1. The lowest BCUT2D eigenvalue weighted by Crippen LogP contribution is -2.13. The van der Waals surface area contributed by atoms with Gasteiger partial charge in [0.2, 0.25) is 0 Å². The molecule has 1 heterocycles. The molecule has 0 bridgehead atoms. The highest BCUT2D eigenvalue weighted by molar-refractivity contribution is 6.35. The molecule has 0 fully saturated rings. The number of rotatable bonds is 7. The van der Waals surface area contributed by atoms with Gasteiger partial charge in [0.15, 0.2) is 0 Å². The van der Waals surface area contributed by atoms with E-state index in [1.54, 1.807) is 47.1 Å². The SMILES string of the molecule is Cc1nn(Cc2ccc(F)cc2)c(C)c1NC(=O)c1ccc(COc2ccc(Cl)cc2Cl)cc1. The van der Waals surface area contributed by atoms with Crippen molar-refractivity contribution in [3.63, 3.8) is 0 Å². The third-order valence-corrected chi connectivity index (χ3v) is 5.90. The minimum atomic E-state index is -0.281. The van der Waals surface area contributed by atoms with Crippen LogP contribution in [-0.4, -0.2) is 15.7 Å². The highest BCUT2D eigenvalue weighted by atomic mass is 35.5. The van der Waals surface area contributed by atoms with Crippen LogP contribution in [0.25, 0.3) is 0 Å². The highest BCUT2D eigenvalue weighted by Crippen LogP contribution is 2.28. The summed E-state index contributed by atoms with van der Waals surface area (Å²) in [6.45, 7) is 4.51. The quantitative estimate of drug-likeness (QED) is 0.304. The number of nitrogens with one attached hydrogen (secondary N) is 1. The molecule has 0 aliphatic heterocycles. The van der Waals surface area contributed by atoms with Crippen molar-refractivity contribution in [3.8, 4) is 5.75 Å². The van der Waals surface area contributed by atoms with Crippen molar-refractivity contribution in [1.82, 2.24) is 9.78 Å². The molecule has 0 radical (unpaired) electrons. The monoisotopic (exact) mass is 497 g/mol. The van der Waals surface area contributed by atoms with Crippen LogP contribution in [0.5, 0.6) is 5.75 Å². The number of benzene rings is 3. The van der Waals surface area contributed by atoms with E-state index in [-0.39, 0.29) is 11.7 Å². The molecule has 1 aromatic heterocycles. The zero-order valence-electron chi connectivity index (χ0n) is 18.6. The Balaban J connectivity index is 1.40. The number of aromatic nitrogens is 2. The molecule has 1 N–H and O–H groups in total. The van der Waals surface area contributed by atoms with Gasteiger partial charge in [-0.2, -0.15) is 5.10 Å². The molecule has 0 atom stereocenters. The average Bonchev–Trinajstić information content (AvgIpc) is 3.07. The number of amides is 1. The van der Waals surface area contributed by atoms with Crippen molar-refractivity contribution in [2.75, 3.05) is 5.32 Å². The molecule has 8 heteroatoms. The predicted octanol–water partition coefficient (Wildman–Crippen LogP) is 6.83. The van der Waals surface area contributed by atoms with E-state index in [0.29, 0.717) is 45.9 Å². The average molecular weight is 498 g/mol. The fourth-order valence-corrected chi connectivity index (χ4v) is 3.95. The molecule has 174 valence electrons. The number of hydrogen-bond acceptors (Lipinski definition) is 3.